The van der Waals surface area contributed by atoms with Crippen LogP contribution in [0.25, 0.3) is 0 Å². The SMILES string of the molecule is C.C.C.C.O.O.OCO.[Y].[Y]. The van der Waals surface area contributed by atoms with Crippen molar-refractivity contribution in [1.82, 2.24) is 0 Å². The van der Waals surface area contributed by atoms with Crippen LogP contribution in [0.5, 0.6) is 0 Å². The van der Waals surface area contributed by atoms with E-state index in [4.69, 9.17) is 10.2 Å². The van der Waals surface area contributed by atoms with Crippen molar-refractivity contribution < 1.29 is 86.6 Å². The Bertz CT molecular complexity index is 16.4. The summed E-state index contributed by atoms with van der Waals surface area (Å²) in [6, 6.07) is 0. The Kier molecular flexibility index (Phi) is 1660. The van der Waals surface area contributed by atoms with Crippen molar-refractivity contribution in [2.45, 2.75) is 29.7 Å². The van der Waals surface area contributed by atoms with E-state index in [2.05, 4.69) is 0 Å². The maximum atomic E-state index is 7.12. The van der Waals surface area contributed by atoms with Crippen LogP contribution in [0.3, 0.4) is 0 Å². The fraction of sp³-hybridized carbons (Fsp3) is 1.00. The van der Waals surface area contributed by atoms with Gasteiger partial charge < -0.3 is 21.2 Å². The van der Waals surface area contributed by atoms with Crippen molar-refractivity contribution in [3.63, 3.8) is 0 Å². The molecule has 0 atom stereocenters. The second-order valence-corrected chi connectivity index (χ2v) is 0.141. The standard InChI is InChI=1S/CH4O2.4CH4.2H2O.2Y/c2-1-3;;;;;;;;/h2-3H,1H2;4*1H4;2*1H2;;. The van der Waals surface area contributed by atoms with E-state index in [0.29, 0.717) is 0 Å². The van der Waals surface area contributed by atoms with E-state index < -0.39 is 6.79 Å². The largest absolute Gasteiger partial charge is 0.412 e. The average molecular weight is 326 g/mol. The zero-order valence-corrected chi connectivity index (χ0v) is 9.43. The van der Waals surface area contributed by atoms with E-state index in [1.807, 2.05) is 0 Å². The number of hydrogen-bond donors (Lipinski definition) is 2. The first-order valence-corrected chi connectivity index (χ1v) is 0.632. The fourth-order valence-corrected chi connectivity index (χ4v) is 0. The monoisotopic (exact) mass is 326 g/mol. The first-order valence-electron chi connectivity index (χ1n) is 0.632. The molecule has 0 rings (SSSR count). The molecule has 6 heteroatoms. The van der Waals surface area contributed by atoms with Gasteiger partial charge in [0, 0.05) is 65.4 Å². The summed E-state index contributed by atoms with van der Waals surface area (Å²) in [5.41, 5.74) is 0. The number of rotatable bonds is 0. The van der Waals surface area contributed by atoms with Crippen LogP contribution in [0, 0.1) is 0 Å². The Morgan fingerprint density at radius 3 is 0.636 bits per heavy atom. The van der Waals surface area contributed by atoms with Gasteiger partial charge in [-0.05, 0) is 0 Å². The van der Waals surface area contributed by atoms with Gasteiger partial charge >= 0.3 is 0 Å². The van der Waals surface area contributed by atoms with Crippen molar-refractivity contribution in [3.05, 3.63) is 0 Å². The molecule has 0 saturated carbocycles. The van der Waals surface area contributed by atoms with Crippen molar-refractivity contribution in [1.29, 1.82) is 0 Å². The third kappa shape index (κ3) is 290. The Balaban J connectivity index is -0.000000000714. The Morgan fingerprint density at radius 1 is 0.636 bits per heavy atom. The van der Waals surface area contributed by atoms with Crippen molar-refractivity contribution in [3.8, 4) is 0 Å². The molecule has 0 fully saturated rings. The van der Waals surface area contributed by atoms with Gasteiger partial charge in [-0.2, -0.15) is 0 Å². The van der Waals surface area contributed by atoms with Crippen molar-refractivity contribution >= 4 is 0 Å². The molecular weight excluding hydrogens is 302 g/mol. The first kappa shape index (κ1) is 116. The minimum absolute atomic E-state index is 0. The minimum Gasteiger partial charge on any atom is -0.412 e. The van der Waals surface area contributed by atoms with Crippen molar-refractivity contribution in [2.24, 2.45) is 0 Å². The molecule has 6 N–H and O–H groups in total. The summed E-state index contributed by atoms with van der Waals surface area (Å²) in [5.74, 6) is 0. The summed E-state index contributed by atoms with van der Waals surface area (Å²) in [6.45, 7) is -0.750. The van der Waals surface area contributed by atoms with Gasteiger partial charge in [0.1, 0.15) is 6.79 Å². The van der Waals surface area contributed by atoms with Crippen LogP contribution in [0.2, 0.25) is 0 Å². The fourth-order valence-electron chi connectivity index (χ4n) is 0. The van der Waals surface area contributed by atoms with Crippen LogP contribution in [0.15, 0.2) is 0 Å². The van der Waals surface area contributed by atoms with E-state index >= 15 is 0 Å². The summed E-state index contributed by atoms with van der Waals surface area (Å²) in [6.07, 6.45) is 0. The maximum Gasteiger partial charge on any atom is 0.140 e. The van der Waals surface area contributed by atoms with Gasteiger partial charge in [-0.1, -0.05) is 29.7 Å². The van der Waals surface area contributed by atoms with Gasteiger partial charge in [-0.15, -0.1) is 0 Å². The van der Waals surface area contributed by atoms with E-state index in [1.165, 1.54) is 0 Å². The number of aliphatic hydroxyl groups excluding tert-OH is 1. The molecule has 0 aromatic rings. The molecule has 74 valence electrons. The Morgan fingerprint density at radius 2 is 0.636 bits per heavy atom. The summed E-state index contributed by atoms with van der Waals surface area (Å²) in [4.78, 5) is 0. The quantitative estimate of drug-likeness (QED) is 0.603. The summed E-state index contributed by atoms with van der Waals surface area (Å²) >= 11 is 0. The Labute approximate surface area is 122 Å². The van der Waals surface area contributed by atoms with Crippen LogP contribution >= 0.6 is 0 Å². The average Bonchev–Trinajstić information content (AvgIpc) is 0.918. The molecule has 4 nitrogen and oxygen atoms in total. The summed E-state index contributed by atoms with van der Waals surface area (Å²) in [5, 5.41) is 14.2. The van der Waals surface area contributed by atoms with Crippen LogP contribution in [0.4, 0.5) is 0 Å². The van der Waals surface area contributed by atoms with Gasteiger partial charge in [0.05, 0.1) is 0 Å². The molecule has 0 aliphatic heterocycles. The zero-order valence-electron chi connectivity index (χ0n) is 3.76. The van der Waals surface area contributed by atoms with Crippen LogP contribution in [0.1, 0.15) is 29.7 Å². The zero-order chi connectivity index (χ0) is 2.71. The van der Waals surface area contributed by atoms with Crippen LogP contribution < -0.4 is 0 Å². The van der Waals surface area contributed by atoms with Crippen LogP contribution in [-0.4, -0.2) is 28.0 Å². The maximum absolute atomic E-state index is 7.12. The molecule has 0 amide bonds. The molecule has 0 aromatic carbocycles. The molecule has 0 aliphatic rings. The third-order valence-electron chi connectivity index (χ3n) is 0. The molecular formula is C5H24O4Y2. The Hall–Kier alpha value is 2.05. The second-order valence-electron chi connectivity index (χ2n) is 0.141. The molecule has 0 aliphatic carbocycles. The molecule has 11 heavy (non-hydrogen) atoms. The molecule has 0 bridgehead atoms. The molecule has 0 unspecified atom stereocenters. The first-order chi connectivity index (χ1) is 1.41. The van der Waals surface area contributed by atoms with Gasteiger partial charge in [0.2, 0.25) is 0 Å². The topological polar surface area (TPSA) is 103 Å². The molecule has 0 aromatic heterocycles. The van der Waals surface area contributed by atoms with Crippen LogP contribution in [-0.2, 0) is 65.4 Å². The van der Waals surface area contributed by atoms with Gasteiger partial charge in [0.25, 0.3) is 0 Å². The molecule has 0 spiro atoms. The van der Waals surface area contributed by atoms with Crippen molar-refractivity contribution in [2.75, 3.05) is 6.79 Å². The summed E-state index contributed by atoms with van der Waals surface area (Å²) < 4.78 is 0. The number of aliphatic hydroxyl groups is 2. The third-order valence-corrected chi connectivity index (χ3v) is 0. The normalized spacial score (nSPS) is 1.64. The predicted molar refractivity (Wildman–Crippen MR) is 43.5 cm³/mol. The van der Waals surface area contributed by atoms with Gasteiger partial charge in [0.15, 0.2) is 0 Å². The smallest absolute Gasteiger partial charge is 0.140 e. The predicted octanol–water partition coefficient (Wildman–Crippen LogP) is -0.181. The minimum atomic E-state index is -0.750. The molecule has 0 heterocycles. The molecule has 0 saturated heterocycles. The van der Waals surface area contributed by atoms with E-state index in [1.54, 1.807) is 0 Å². The number of hydrogen-bond acceptors (Lipinski definition) is 2. The summed E-state index contributed by atoms with van der Waals surface area (Å²) in [7, 11) is 0. The van der Waals surface area contributed by atoms with E-state index in [-0.39, 0.29) is 106 Å². The molecule has 2 radical (unpaired) electrons. The van der Waals surface area contributed by atoms with Gasteiger partial charge in [-0.25, -0.2) is 0 Å². The van der Waals surface area contributed by atoms with Gasteiger partial charge in [-0.3, -0.25) is 0 Å². The van der Waals surface area contributed by atoms with E-state index in [0.717, 1.165) is 0 Å². The van der Waals surface area contributed by atoms with E-state index in [9.17, 15) is 0 Å². The second kappa shape index (κ2) is 158.